The summed E-state index contributed by atoms with van der Waals surface area (Å²) >= 11 is 0. The molecule has 1 aliphatic heterocycles. The van der Waals surface area contributed by atoms with Crippen LogP contribution in [-0.2, 0) is 14.3 Å². The number of aliphatic hydroxyl groups is 1. The van der Waals surface area contributed by atoms with Crippen LogP contribution in [0.25, 0.3) is 0 Å². The van der Waals surface area contributed by atoms with Gasteiger partial charge >= 0.3 is 6.18 Å². The van der Waals surface area contributed by atoms with E-state index in [0.29, 0.717) is 0 Å². The summed E-state index contributed by atoms with van der Waals surface area (Å²) in [5, 5.41) is 9.55. The standard InChI is InChI=1S/C9H11F3O4/c1-7(2)15-5-4(13)3-8(14,6(5)16-7)9(10,11)12/h5-6,14H,3H2,1-2H3/t5-,6-,8+/m0/s1. The number of ether oxygens (including phenoxy) is 2. The first-order valence-electron chi connectivity index (χ1n) is 4.74. The Morgan fingerprint density at radius 2 is 1.94 bits per heavy atom. The second kappa shape index (κ2) is 2.96. The highest BCUT2D eigenvalue weighted by Gasteiger charge is 2.71. The van der Waals surface area contributed by atoms with E-state index < -0.39 is 42.0 Å². The van der Waals surface area contributed by atoms with E-state index in [0.717, 1.165) is 0 Å². The summed E-state index contributed by atoms with van der Waals surface area (Å²) < 4.78 is 48.0. The Morgan fingerprint density at radius 3 is 2.44 bits per heavy atom. The molecule has 0 amide bonds. The molecule has 2 aliphatic rings. The number of halogens is 3. The Hall–Kier alpha value is -0.660. The van der Waals surface area contributed by atoms with Gasteiger partial charge in [-0.2, -0.15) is 13.2 Å². The van der Waals surface area contributed by atoms with Gasteiger partial charge in [0.2, 0.25) is 0 Å². The molecule has 2 fully saturated rings. The van der Waals surface area contributed by atoms with Gasteiger partial charge in [0.15, 0.2) is 17.2 Å². The molecule has 4 nitrogen and oxygen atoms in total. The predicted octanol–water partition coefficient (Wildman–Crippen LogP) is 0.773. The molecular formula is C9H11F3O4. The van der Waals surface area contributed by atoms with Gasteiger partial charge in [-0.15, -0.1) is 0 Å². The second-order valence-corrected chi connectivity index (χ2v) is 4.54. The SMILES string of the molecule is CC1(C)O[C@H]2C(=O)C[C@](O)(C(F)(F)F)[C@H]2O1. The van der Waals surface area contributed by atoms with Crippen molar-refractivity contribution in [3.8, 4) is 0 Å². The molecule has 1 heterocycles. The lowest BCUT2D eigenvalue weighted by molar-refractivity contribution is -0.293. The summed E-state index contributed by atoms with van der Waals surface area (Å²) in [5.41, 5.74) is -3.14. The number of carbonyl (C=O) groups excluding carboxylic acids is 1. The minimum absolute atomic E-state index is 0.782. The third-order valence-corrected chi connectivity index (χ3v) is 2.82. The van der Waals surface area contributed by atoms with Crippen molar-refractivity contribution in [1.29, 1.82) is 0 Å². The lowest BCUT2D eigenvalue weighted by Gasteiger charge is -2.30. The summed E-state index contributed by atoms with van der Waals surface area (Å²) in [6, 6.07) is 0. The van der Waals surface area contributed by atoms with Gasteiger partial charge in [-0.3, -0.25) is 4.79 Å². The summed E-state index contributed by atoms with van der Waals surface area (Å²) in [6.07, 6.45) is -8.93. The van der Waals surface area contributed by atoms with Gasteiger partial charge in [0.25, 0.3) is 0 Å². The molecule has 16 heavy (non-hydrogen) atoms. The fraction of sp³-hybridized carbons (Fsp3) is 0.889. The Labute approximate surface area is 89.3 Å². The molecule has 1 aliphatic carbocycles. The Kier molecular flexibility index (Phi) is 2.19. The molecule has 0 unspecified atom stereocenters. The molecule has 1 saturated heterocycles. The Balaban J connectivity index is 2.36. The molecule has 0 bridgehead atoms. The Morgan fingerprint density at radius 1 is 1.38 bits per heavy atom. The van der Waals surface area contributed by atoms with E-state index in [2.05, 4.69) is 0 Å². The Bertz CT molecular complexity index is 338. The van der Waals surface area contributed by atoms with Crippen LogP contribution in [0.1, 0.15) is 20.3 Å². The fourth-order valence-electron chi connectivity index (χ4n) is 2.07. The van der Waals surface area contributed by atoms with Crippen LogP contribution in [0.2, 0.25) is 0 Å². The highest BCUT2D eigenvalue weighted by Crippen LogP contribution is 2.49. The van der Waals surface area contributed by atoms with Gasteiger partial charge in [-0.1, -0.05) is 0 Å². The van der Waals surface area contributed by atoms with Crippen LogP contribution in [-0.4, -0.2) is 40.7 Å². The van der Waals surface area contributed by atoms with Crippen LogP contribution >= 0.6 is 0 Å². The molecular weight excluding hydrogens is 229 g/mol. The van der Waals surface area contributed by atoms with Crippen LogP contribution in [0.3, 0.4) is 0 Å². The predicted molar refractivity (Wildman–Crippen MR) is 44.5 cm³/mol. The zero-order valence-electron chi connectivity index (χ0n) is 8.67. The number of alkyl halides is 3. The van der Waals surface area contributed by atoms with E-state index in [1.807, 2.05) is 0 Å². The van der Waals surface area contributed by atoms with Gasteiger partial charge in [-0.05, 0) is 13.8 Å². The van der Waals surface area contributed by atoms with Crippen molar-refractivity contribution < 1.29 is 32.5 Å². The second-order valence-electron chi connectivity index (χ2n) is 4.54. The summed E-state index contributed by atoms with van der Waals surface area (Å²) in [4.78, 5) is 11.3. The number of Topliss-reactive ketones (excluding diaryl/α,β-unsaturated/α-hetero) is 1. The molecule has 0 aromatic heterocycles. The maximum Gasteiger partial charge on any atom is 0.420 e. The van der Waals surface area contributed by atoms with Gasteiger partial charge < -0.3 is 14.6 Å². The molecule has 1 saturated carbocycles. The van der Waals surface area contributed by atoms with Gasteiger partial charge in [0.05, 0.1) is 0 Å². The number of rotatable bonds is 0. The van der Waals surface area contributed by atoms with Gasteiger partial charge in [0, 0.05) is 6.42 Å². The minimum Gasteiger partial charge on any atom is -0.378 e. The van der Waals surface area contributed by atoms with Crippen LogP contribution in [0, 0.1) is 0 Å². The molecule has 7 heteroatoms. The molecule has 0 aromatic carbocycles. The number of fused-ring (bicyclic) bond motifs is 1. The maximum atomic E-state index is 12.7. The smallest absolute Gasteiger partial charge is 0.378 e. The van der Waals surface area contributed by atoms with E-state index in [9.17, 15) is 23.1 Å². The van der Waals surface area contributed by atoms with Gasteiger partial charge in [0.1, 0.15) is 12.2 Å². The first kappa shape index (κ1) is 11.8. The monoisotopic (exact) mass is 240 g/mol. The van der Waals surface area contributed by atoms with Crippen molar-refractivity contribution in [1.82, 2.24) is 0 Å². The third-order valence-electron chi connectivity index (χ3n) is 2.82. The maximum absolute atomic E-state index is 12.7. The highest BCUT2D eigenvalue weighted by atomic mass is 19.4. The van der Waals surface area contributed by atoms with Crippen LogP contribution in [0.15, 0.2) is 0 Å². The first-order chi connectivity index (χ1) is 7.07. The van der Waals surface area contributed by atoms with E-state index in [1.54, 1.807) is 0 Å². The van der Waals surface area contributed by atoms with Crippen molar-refractivity contribution in [2.24, 2.45) is 0 Å². The van der Waals surface area contributed by atoms with Crippen LogP contribution in [0.5, 0.6) is 0 Å². The molecule has 92 valence electrons. The van der Waals surface area contributed by atoms with Crippen molar-refractivity contribution in [2.75, 3.05) is 0 Å². The zero-order chi connectivity index (χ0) is 12.4. The van der Waals surface area contributed by atoms with Crippen molar-refractivity contribution >= 4 is 5.78 Å². The summed E-state index contributed by atoms with van der Waals surface area (Å²) in [5.74, 6) is -2.07. The fourth-order valence-corrected chi connectivity index (χ4v) is 2.07. The number of ketones is 1. The number of hydrogen-bond acceptors (Lipinski definition) is 4. The molecule has 0 spiro atoms. The van der Waals surface area contributed by atoms with Gasteiger partial charge in [-0.25, -0.2) is 0 Å². The van der Waals surface area contributed by atoms with E-state index in [-0.39, 0.29) is 0 Å². The minimum atomic E-state index is -4.91. The summed E-state index contributed by atoms with van der Waals surface area (Å²) in [6.45, 7) is 2.80. The van der Waals surface area contributed by atoms with E-state index in [4.69, 9.17) is 9.47 Å². The largest absolute Gasteiger partial charge is 0.420 e. The zero-order valence-corrected chi connectivity index (χ0v) is 8.67. The van der Waals surface area contributed by atoms with Crippen molar-refractivity contribution in [3.05, 3.63) is 0 Å². The van der Waals surface area contributed by atoms with E-state index in [1.165, 1.54) is 13.8 Å². The van der Waals surface area contributed by atoms with Crippen molar-refractivity contribution in [3.63, 3.8) is 0 Å². The molecule has 0 aromatic rings. The molecule has 0 radical (unpaired) electrons. The molecule has 3 atom stereocenters. The average Bonchev–Trinajstić information content (AvgIpc) is 2.48. The van der Waals surface area contributed by atoms with Crippen LogP contribution in [0.4, 0.5) is 13.2 Å². The molecule has 2 rings (SSSR count). The van der Waals surface area contributed by atoms with E-state index >= 15 is 0 Å². The topological polar surface area (TPSA) is 55.8 Å². The average molecular weight is 240 g/mol. The third kappa shape index (κ3) is 1.46. The number of hydrogen-bond donors (Lipinski definition) is 1. The summed E-state index contributed by atoms with van der Waals surface area (Å²) in [7, 11) is 0. The lowest BCUT2D eigenvalue weighted by atomic mass is 9.99. The highest BCUT2D eigenvalue weighted by molar-refractivity contribution is 5.88. The van der Waals surface area contributed by atoms with Crippen LogP contribution < -0.4 is 0 Å². The van der Waals surface area contributed by atoms with Crippen molar-refractivity contribution in [2.45, 2.75) is 50.0 Å². The molecule has 1 N–H and O–H groups in total. The lowest BCUT2D eigenvalue weighted by Crippen LogP contribution is -2.53. The number of carbonyl (C=O) groups is 1. The normalized spacial score (nSPS) is 42.5. The quantitative estimate of drug-likeness (QED) is 0.679. The first-order valence-corrected chi connectivity index (χ1v) is 4.74.